The Labute approximate surface area is 261 Å². The molecular weight excluding hydrogens is 702 g/mol. The number of hydrogen-bond acceptors (Lipinski definition) is 5. The molecule has 0 amide bonds. The van der Waals surface area contributed by atoms with Crippen LogP contribution in [0.5, 0.6) is 0 Å². The van der Waals surface area contributed by atoms with Crippen LogP contribution in [0.1, 0.15) is 41.0 Å². The third-order valence-electron chi connectivity index (χ3n) is 6.95. The van der Waals surface area contributed by atoms with Crippen LogP contribution in [0.3, 0.4) is 0 Å². The molecule has 3 heterocycles. The summed E-state index contributed by atoms with van der Waals surface area (Å²) in [4.78, 5) is 30.5. The predicted molar refractivity (Wildman–Crippen MR) is 165 cm³/mol. The van der Waals surface area contributed by atoms with Gasteiger partial charge in [-0.25, -0.2) is 9.79 Å². The van der Waals surface area contributed by atoms with Crippen molar-refractivity contribution in [1.82, 2.24) is 9.13 Å². The summed E-state index contributed by atoms with van der Waals surface area (Å²) in [6, 6.07) is 12.6. The topological polar surface area (TPSA) is 65.6 Å². The highest BCUT2D eigenvalue weighted by Gasteiger charge is 2.45. The number of aromatic nitrogens is 2. The van der Waals surface area contributed by atoms with Crippen molar-refractivity contribution < 1.29 is 22.7 Å². The monoisotopic (exact) mass is 725 g/mol. The lowest BCUT2D eigenvalue weighted by Crippen LogP contribution is -2.41. The number of ether oxygens (including phenoxy) is 1. The van der Waals surface area contributed by atoms with Crippen LogP contribution in [0, 0.1) is 24.3 Å². The summed E-state index contributed by atoms with van der Waals surface area (Å²) in [6.45, 7) is 7.23. The molecule has 42 heavy (non-hydrogen) atoms. The largest absolute Gasteiger partial charge is 0.463 e. The first-order valence-corrected chi connectivity index (χ1v) is 15.1. The Morgan fingerprint density at radius 3 is 2.45 bits per heavy atom. The molecule has 0 saturated heterocycles. The molecule has 0 saturated carbocycles. The molecule has 0 aliphatic carbocycles. The van der Waals surface area contributed by atoms with Crippen LogP contribution < -0.4 is 14.9 Å². The molecule has 2 aromatic heterocycles. The number of nitrogens with zero attached hydrogens (tertiary/aromatic N) is 3. The molecule has 218 valence electrons. The number of hydrogen-bond donors (Lipinski definition) is 0. The number of carbonyl (C=O) groups is 1. The second-order valence-corrected chi connectivity index (χ2v) is 12.3. The maximum Gasteiger partial charge on any atom is 0.434 e. The van der Waals surface area contributed by atoms with E-state index in [-0.39, 0.29) is 21.5 Å². The highest BCUT2D eigenvalue weighted by Crippen LogP contribution is 2.38. The van der Waals surface area contributed by atoms with Gasteiger partial charge < -0.3 is 9.30 Å². The molecule has 2 aromatic carbocycles. The first-order valence-electron chi connectivity index (χ1n) is 12.8. The van der Waals surface area contributed by atoms with Crippen molar-refractivity contribution in [2.24, 2.45) is 4.99 Å². The minimum absolute atomic E-state index is 0.152. The van der Waals surface area contributed by atoms with E-state index in [2.05, 4.69) is 38.2 Å². The number of carbonyl (C=O) groups excluding carboxylic acids is 1. The molecule has 0 bridgehead atoms. The van der Waals surface area contributed by atoms with Crippen LogP contribution in [0.15, 0.2) is 69.6 Å². The molecule has 4 aromatic rings. The molecule has 12 heteroatoms. The van der Waals surface area contributed by atoms with E-state index in [9.17, 15) is 22.8 Å². The minimum Gasteiger partial charge on any atom is -0.463 e. The average Bonchev–Trinajstić information content (AvgIpc) is 3.39. The van der Waals surface area contributed by atoms with Crippen molar-refractivity contribution in [3.63, 3.8) is 0 Å². The third-order valence-corrected chi connectivity index (χ3v) is 9.35. The standard InChI is InChI=1S/C30H24ClF3IN3O3S/c1-5-41-28(40)24-25(18-7-9-20(31)10-8-18)38-27(39)23(42-29(38)36-26(24)30(32,33)34)13-19-12-16(3)37(17(19)4)21-11-6-15(2)22(35)14-21/h6-14,25H,5H2,1-4H3/b23-13-/t25-/m0/s1. The molecule has 1 aliphatic heterocycles. The van der Waals surface area contributed by atoms with Crippen LogP contribution in [0.2, 0.25) is 5.02 Å². The Morgan fingerprint density at radius 1 is 1.14 bits per heavy atom. The number of thiazole rings is 1. The first kappa shape index (κ1) is 30.3. The Hall–Kier alpha value is -3.16. The number of aryl methyl sites for hydroxylation is 2. The van der Waals surface area contributed by atoms with E-state index in [1.165, 1.54) is 31.2 Å². The fourth-order valence-electron chi connectivity index (χ4n) is 4.99. The molecule has 5 rings (SSSR count). The van der Waals surface area contributed by atoms with Crippen LogP contribution >= 0.6 is 45.5 Å². The number of benzene rings is 2. The second kappa shape index (κ2) is 11.5. The van der Waals surface area contributed by atoms with Gasteiger partial charge in [0, 0.05) is 25.7 Å². The number of halogens is 5. The Morgan fingerprint density at radius 2 is 1.83 bits per heavy atom. The maximum absolute atomic E-state index is 14.3. The van der Waals surface area contributed by atoms with Crippen molar-refractivity contribution in [3.8, 4) is 5.69 Å². The molecule has 1 atom stereocenters. The van der Waals surface area contributed by atoms with Crippen molar-refractivity contribution in [3.05, 3.63) is 116 Å². The molecule has 6 nitrogen and oxygen atoms in total. The van der Waals surface area contributed by atoms with Crippen molar-refractivity contribution in [2.75, 3.05) is 6.61 Å². The highest BCUT2D eigenvalue weighted by atomic mass is 127. The summed E-state index contributed by atoms with van der Waals surface area (Å²) in [6.07, 6.45) is -3.32. The molecule has 0 N–H and O–H groups in total. The Kier molecular flexibility index (Phi) is 8.29. The lowest BCUT2D eigenvalue weighted by molar-refractivity contribution is -0.140. The van der Waals surface area contributed by atoms with Gasteiger partial charge in [-0.15, -0.1) is 0 Å². The van der Waals surface area contributed by atoms with E-state index in [1.54, 1.807) is 6.08 Å². The van der Waals surface area contributed by atoms with Gasteiger partial charge in [0.15, 0.2) is 10.5 Å². The maximum atomic E-state index is 14.3. The van der Waals surface area contributed by atoms with E-state index < -0.39 is 35.0 Å². The fraction of sp³-hybridized carbons (Fsp3) is 0.233. The normalized spacial score (nSPS) is 15.5. The number of allylic oxidation sites excluding steroid dienone is 1. The van der Waals surface area contributed by atoms with E-state index in [0.717, 1.165) is 47.7 Å². The van der Waals surface area contributed by atoms with Crippen LogP contribution in [-0.2, 0) is 9.53 Å². The van der Waals surface area contributed by atoms with Crippen LogP contribution in [-0.4, -0.2) is 27.9 Å². The summed E-state index contributed by atoms with van der Waals surface area (Å²) < 4.78 is 52.5. The van der Waals surface area contributed by atoms with Crippen molar-refractivity contribution in [2.45, 2.75) is 39.9 Å². The van der Waals surface area contributed by atoms with Gasteiger partial charge in [-0.1, -0.05) is 41.1 Å². The summed E-state index contributed by atoms with van der Waals surface area (Å²) >= 11 is 9.15. The van der Waals surface area contributed by atoms with Gasteiger partial charge in [0.2, 0.25) is 0 Å². The third kappa shape index (κ3) is 5.49. The zero-order chi connectivity index (χ0) is 30.5. The van der Waals surface area contributed by atoms with E-state index in [0.29, 0.717) is 5.02 Å². The van der Waals surface area contributed by atoms with Gasteiger partial charge in [-0.2, -0.15) is 13.2 Å². The predicted octanol–water partition coefficient (Wildman–Crippen LogP) is 6.31. The first-order chi connectivity index (χ1) is 19.8. The van der Waals surface area contributed by atoms with Gasteiger partial charge in [0.1, 0.15) is 0 Å². The molecule has 1 aliphatic rings. The molecule has 0 unspecified atom stereocenters. The van der Waals surface area contributed by atoms with Crippen molar-refractivity contribution >= 4 is 57.6 Å². The van der Waals surface area contributed by atoms with Gasteiger partial charge in [0.05, 0.1) is 22.8 Å². The van der Waals surface area contributed by atoms with Gasteiger partial charge >= 0.3 is 12.1 Å². The summed E-state index contributed by atoms with van der Waals surface area (Å²) in [7, 11) is 0. The number of esters is 1. The number of fused-ring (bicyclic) bond motifs is 1. The molecule has 0 radical (unpaired) electrons. The smallest absolute Gasteiger partial charge is 0.434 e. The number of rotatable bonds is 5. The summed E-state index contributed by atoms with van der Waals surface area (Å²) in [5, 5.41) is 0.350. The Balaban J connectivity index is 1.75. The van der Waals surface area contributed by atoms with Crippen LogP contribution in [0.25, 0.3) is 11.8 Å². The second-order valence-electron chi connectivity index (χ2n) is 9.71. The van der Waals surface area contributed by atoms with Gasteiger partial charge in [-0.05, 0) is 103 Å². The molecule has 0 spiro atoms. The minimum atomic E-state index is -4.97. The lowest BCUT2D eigenvalue weighted by atomic mass is 9.95. The van der Waals surface area contributed by atoms with Crippen molar-refractivity contribution in [1.29, 1.82) is 0 Å². The molecule has 0 fully saturated rings. The quantitative estimate of drug-likeness (QED) is 0.179. The van der Waals surface area contributed by atoms with Gasteiger partial charge in [-0.3, -0.25) is 9.36 Å². The van der Waals surface area contributed by atoms with Gasteiger partial charge in [0.25, 0.3) is 5.56 Å². The fourth-order valence-corrected chi connectivity index (χ4v) is 6.61. The molecular formula is C30H24ClF3IN3O3S. The zero-order valence-electron chi connectivity index (χ0n) is 22.8. The average molecular weight is 726 g/mol. The zero-order valence-corrected chi connectivity index (χ0v) is 26.6. The highest BCUT2D eigenvalue weighted by molar-refractivity contribution is 14.1. The lowest BCUT2D eigenvalue weighted by Gasteiger charge is -2.26. The summed E-state index contributed by atoms with van der Waals surface area (Å²) in [5.41, 5.74) is 2.17. The Bertz CT molecular complexity index is 1940. The SMILES string of the molecule is CCOC(=O)C1=C(C(F)(F)F)N=c2s/c(=C\c3cc(C)n(-c4ccc(C)c(I)c4)c3C)c(=O)n2[C@H]1c1ccc(Cl)cc1. The summed E-state index contributed by atoms with van der Waals surface area (Å²) in [5.74, 6) is -1.20. The van der Waals surface area contributed by atoms with Crippen LogP contribution in [0.4, 0.5) is 13.2 Å². The van der Waals surface area contributed by atoms with E-state index >= 15 is 0 Å². The van der Waals surface area contributed by atoms with E-state index in [1.807, 2.05) is 39.0 Å². The van der Waals surface area contributed by atoms with E-state index in [4.69, 9.17) is 16.3 Å². The number of alkyl halides is 3.